The predicted molar refractivity (Wildman–Crippen MR) is 70.6 cm³/mol. The molecule has 0 saturated carbocycles. The molecule has 7 heteroatoms. The van der Waals surface area contributed by atoms with Crippen LogP contribution in [0.3, 0.4) is 0 Å². The molecule has 0 fully saturated rings. The zero-order valence-corrected chi connectivity index (χ0v) is 11.8. The third-order valence-corrected chi connectivity index (χ3v) is 2.15. The van der Waals surface area contributed by atoms with E-state index in [9.17, 15) is 9.59 Å². The van der Waals surface area contributed by atoms with Crippen molar-refractivity contribution in [3.63, 3.8) is 0 Å². The molecule has 0 spiro atoms. The molecule has 0 atom stereocenters. The van der Waals surface area contributed by atoms with Gasteiger partial charge in [-0.1, -0.05) is 6.92 Å². The van der Waals surface area contributed by atoms with Gasteiger partial charge >= 0.3 is 0 Å². The second kappa shape index (κ2) is 6.31. The van der Waals surface area contributed by atoms with Gasteiger partial charge in [0, 0.05) is 12.0 Å². The molecular weight excluding hydrogens is 246 g/mol. The molecule has 7 nitrogen and oxygen atoms in total. The highest BCUT2D eigenvalue weighted by Crippen LogP contribution is 1.98. The number of hydrogen-bond donors (Lipinski definition) is 3. The SMILES string of the molecule is CCCc1nc(C(=O)NCC(=O)NC(C)(C)C)n[nH]1. The van der Waals surface area contributed by atoms with Crippen molar-refractivity contribution < 1.29 is 9.59 Å². The van der Waals surface area contributed by atoms with E-state index >= 15 is 0 Å². The third-order valence-electron chi connectivity index (χ3n) is 2.15. The van der Waals surface area contributed by atoms with Crippen molar-refractivity contribution in [2.75, 3.05) is 6.54 Å². The van der Waals surface area contributed by atoms with E-state index in [4.69, 9.17) is 0 Å². The Morgan fingerprint density at radius 1 is 1.32 bits per heavy atom. The quantitative estimate of drug-likeness (QED) is 0.719. The van der Waals surface area contributed by atoms with Crippen LogP contribution in [0.25, 0.3) is 0 Å². The Bertz CT molecular complexity index is 447. The van der Waals surface area contributed by atoms with Crippen molar-refractivity contribution >= 4 is 11.8 Å². The number of hydrogen-bond acceptors (Lipinski definition) is 4. The summed E-state index contributed by atoms with van der Waals surface area (Å²) in [6.07, 6.45) is 1.66. The number of carbonyl (C=O) groups excluding carboxylic acids is 2. The van der Waals surface area contributed by atoms with Crippen LogP contribution in [0.5, 0.6) is 0 Å². The third kappa shape index (κ3) is 5.50. The highest BCUT2D eigenvalue weighted by Gasteiger charge is 2.16. The number of amides is 2. The highest BCUT2D eigenvalue weighted by molar-refractivity contribution is 5.93. The first-order valence-electron chi connectivity index (χ1n) is 6.32. The average Bonchev–Trinajstić information content (AvgIpc) is 2.73. The smallest absolute Gasteiger partial charge is 0.291 e. The largest absolute Gasteiger partial charge is 0.350 e. The van der Waals surface area contributed by atoms with Crippen LogP contribution >= 0.6 is 0 Å². The molecule has 3 N–H and O–H groups in total. The van der Waals surface area contributed by atoms with Crippen LogP contribution in [-0.2, 0) is 11.2 Å². The van der Waals surface area contributed by atoms with E-state index in [1.54, 1.807) is 0 Å². The standard InChI is InChI=1S/C12H21N5O2/c1-5-6-8-14-10(17-16-8)11(19)13-7-9(18)15-12(2,3)4/h5-7H2,1-4H3,(H,13,19)(H,15,18)(H,14,16,17). The Kier molecular flexibility index (Phi) is 5.02. The van der Waals surface area contributed by atoms with Crippen LogP contribution in [0.2, 0.25) is 0 Å². The summed E-state index contributed by atoms with van der Waals surface area (Å²) < 4.78 is 0. The lowest BCUT2D eigenvalue weighted by Crippen LogP contribution is -2.45. The first kappa shape index (κ1) is 15.1. The molecule has 0 aliphatic heterocycles. The lowest BCUT2D eigenvalue weighted by Gasteiger charge is -2.20. The fraction of sp³-hybridized carbons (Fsp3) is 0.667. The number of nitrogens with zero attached hydrogens (tertiary/aromatic N) is 2. The number of H-pyrrole nitrogens is 1. The Morgan fingerprint density at radius 2 is 2.00 bits per heavy atom. The molecule has 106 valence electrons. The second-order valence-corrected chi connectivity index (χ2v) is 5.34. The van der Waals surface area contributed by atoms with E-state index in [0.29, 0.717) is 5.82 Å². The summed E-state index contributed by atoms with van der Waals surface area (Å²) in [5, 5.41) is 11.7. The maximum Gasteiger partial charge on any atom is 0.291 e. The predicted octanol–water partition coefficient (Wildman–Crippen LogP) is 0.402. The normalized spacial score (nSPS) is 11.2. The van der Waals surface area contributed by atoms with Gasteiger partial charge in [-0.25, -0.2) is 4.98 Å². The number of aromatic nitrogens is 3. The average molecular weight is 267 g/mol. The summed E-state index contributed by atoms with van der Waals surface area (Å²) in [6.45, 7) is 7.55. The van der Waals surface area contributed by atoms with E-state index in [-0.39, 0.29) is 23.8 Å². The van der Waals surface area contributed by atoms with Crippen LogP contribution in [0.15, 0.2) is 0 Å². The number of rotatable bonds is 5. The van der Waals surface area contributed by atoms with Crippen LogP contribution in [-0.4, -0.2) is 39.1 Å². The van der Waals surface area contributed by atoms with E-state index < -0.39 is 5.91 Å². The summed E-state index contributed by atoms with van der Waals surface area (Å²) >= 11 is 0. The molecule has 1 aromatic heterocycles. The first-order chi connectivity index (χ1) is 8.81. The Labute approximate surface area is 112 Å². The molecular formula is C12H21N5O2. The summed E-state index contributed by atoms with van der Waals surface area (Å²) in [5.74, 6) is 0.0339. The summed E-state index contributed by atoms with van der Waals surface area (Å²) in [6, 6.07) is 0. The zero-order chi connectivity index (χ0) is 14.5. The van der Waals surface area contributed by atoms with E-state index in [1.807, 2.05) is 27.7 Å². The molecule has 0 bridgehead atoms. The van der Waals surface area contributed by atoms with E-state index in [0.717, 1.165) is 12.8 Å². The molecule has 1 aromatic rings. The van der Waals surface area contributed by atoms with Gasteiger partial charge in [-0.2, -0.15) is 0 Å². The monoisotopic (exact) mass is 267 g/mol. The van der Waals surface area contributed by atoms with Gasteiger partial charge < -0.3 is 10.6 Å². The van der Waals surface area contributed by atoms with Crippen molar-refractivity contribution in [3.05, 3.63) is 11.6 Å². The topological polar surface area (TPSA) is 99.8 Å². The molecule has 0 aliphatic carbocycles. The van der Waals surface area contributed by atoms with Crippen LogP contribution in [0.1, 0.15) is 50.6 Å². The summed E-state index contributed by atoms with van der Waals surface area (Å²) in [5.41, 5.74) is -0.319. The van der Waals surface area contributed by atoms with Gasteiger partial charge in [-0.15, -0.1) is 5.10 Å². The molecule has 19 heavy (non-hydrogen) atoms. The fourth-order valence-electron chi connectivity index (χ4n) is 1.45. The molecule has 2 amide bonds. The minimum Gasteiger partial charge on any atom is -0.350 e. The van der Waals surface area contributed by atoms with Crippen LogP contribution in [0, 0.1) is 0 Å². The summed E-state index contributed by atoms with van der Waals surface area (Å²) in [4.78, 5) is 27.3. The zero-order valence-electron chi connectivity index (χ0n) is 11.8. The summed E-state index contributed by atoms with van der Waals surface area (Å²) in [7, 11) is 0. The van der Waals surface area contributed by atoms with Crippen molar-refractivity contribution in [2.24, 2.45) is 0 Å². The van der Waals surface area contributed by atoms with Crippen molar-refractivity contribution in [1.29, 1.82) is 0 Å². The lowest BCUT2D eigenvalue weighted by molar-refractivity contribution is -0.121. The van der Waals surface area contributed by atoms with Gasteiger partial charge in [0.2, 0.25) is 11.7 Å². The highest BCUT2D eigenvalue weighted by atomic mass is 16.2. The molecule has 0 aromatic carbocycles. The van der Waals surface area contributed by atoms with Crippen molar-refractivity contribution in [2.45, 2.75) is 46.1 Å². The second-order valence-electron chi connectivity index (χ2n) is 5.34. The van der Waals surface area contributed by atoms with Gasteiger partial charge in [0.05, 0.1) is 6.54 Å². The molecule has 0 saturated heterocycles. The van der Waals surface area contributed by atoms with Crippen LogP contribution in [0.4, 0.5) is 0 Å². The maximum absolute atomic E-state index is 11.7. The minimum atomic E-state index is -0.456. The Hall–Kier alpha value is -1.92. The van der Waals surface area contributed by atoms with Gasteiger partial charge in [0.1, 0.15) is 5.82 Å². The minimum absolute atomic E-state index is 0.0620. The number of carbonyl (C=O) groups is 2. The lowest BCUT2D eigenvalue weighted by atomic mass is 10.1. The maximum atomic E-state index is 11.7. The fourth-order valence-corrected chi connectivity index (χ4v) is 1.45. The number of aryl methyl sites for hydroxylation is 1. The Morgan fingerprint density at radius 3 is 2.58 bits per heavy atom. The van der Waals surface area contributed by atoms with Crippen LogP contribution < -0.4 is 10.6 Å². The van der Waals surface area contributed by atoms with Gasteiger partial charge in [-0.05, 0) is 27.2 Å². The number of aromatic amines is 1. The van der Waals surface area contributed by atoms with Gasteiger partial charge in [-0.3, -0.25) is 14.7 Å². The molecule has 0 unspecified atom stereocenters. The first-order valence-corrected chi connectivity index (χ1v) is 6.32. The molecule has 1 rings (SSSR count). The van der Waals surface area contributed by atoms with Crippen molar-refractivity contribution in [1.82, 2.24) is 25.8 Å². The Balaban J connectivity index is 2.44. The van der Waals surface area contributed by atoms with Gasteiger partial charge in [0.25, 0.3) is 5.91 Å². The molecule has 0 radical (unpaired) electrons. The molecule has 1 heterocycles. The van der Waals surface area contributed by atoms with Gasteiger partial charge in [0.15, 0.2) is 0 Å². The van der Waals surface area contributed by atoms with Crippen molar-refractivity contribution in [3.8, 4) is 0 Å². The van der Waals surface area contributed by atoms with E-state index in [1.165, 1.54) is 0 Å². The van der Waals surface area contributed by atoms with E-state index in [2.05, 4.69) is 25.8 Å². The molecule has 0 aliphatic rings. The number of nitrogens with one attached hydrogen (secondary N) is 3.